The van der Waals surface area contributed by atoms with Crippen molar-refractivity contribution < 1.29 is 14.3 Å². The van der Waals surface area contributed by atoms with Crippen LogP contribution in [0.15, 0.2) is 35.7 Å². The first kappa shape index (κ1) is 17.5. The lowest BCUT2D eigenvalue weighted by molar-refractivity contribution is 0.0933. The van der Waals surface area contributed by atoms with E-state index in [2.05, 4.69) is 22.2 Å². The van der Waals surface area contributed by atoms with Gasteiger partial charge in [-0.1, -0.05) is 31.2 Å². The lowest BCUT2D eigenvalue weighted by Gasteiger charge is -2.23. The molecule has 0 aliphatic carbocycles. The molecule has 1 aromatic heterocycles. The van der Waals surface area contributed by atoms with Gasteiger partial charge in [0.1, 0.15) is 13.2 Å². The Morgan fingerprint density at radius 1 is 1.24 bits per heavy atom. The molecular weight excluding hydrogens is 338 g/mol. The van der Waals surface area contributed by atoms with E-state index in [1.54, 1.807) is 12.4 Å². The van der Waals surface area contributed by atoms with Crippen LogP contribution < -0.4 is 14.8 Å². The van der Waals surface area contributed by atoms with Crippen LogP contribution in [-0.2, 0) is 0 Å². The van der Waals surface area contributed by atoms with Crippen LogP contribution in [0, 0.1) is 0 Å². The Hall–Kier alpha value is -2.28. The van der Waals surface area contributed by atoms with Gasteiger partial charge >= 0.3 is 0 Å². The van der Waals surface area contributed by atoms with Crippen molar-refractivity contribution in [1.29, 1.82) is 0 Å². The fourth-order valence-electron chi connectivity index (χ4n) is 2.67. The standard InChI is InChI=1S/C18H21N3O3S/c1-3-4-14(12-5-6-15-16(9-12)24-8-7-23-15)21-17(22)13-10-19-18(25-2)20-11-13/h5-6,9-11,14H,3-4,7-8H2,1-2H3,(H,21,22)/t14-/m1/s1. The highest BCUT2D eigenvalue weighted by Crippen LogP contribution is 2.33. The summed E-state index contributed by atoms with van der Waals surface area (Å²) in [6.45, 7) is 3.20. The molecule has 0 saturated heterocycles. The van der Waals surface area contributed by atoms with Crippen LogP contribution in [-0.4, -0.2) is 35.3 Å². The Morgan fingerprint density at radius 3 is 2.64 bits per heavy atom. The average Bonchev–Trinajstić information content (AvgIpc) is 2.67. The van der Waals surface area contributed by atoms with Gasteiger partial charge in [0.05, 0.1) is 11.6 Å². The molecule has 1 atom stereocenters. The van der Waals surface area contributed by atoms with Crippen LogP contribution in [0.25, 0.3) is 0 Å². The summed E-state index contributed by atoms with van der Waals surface area (Å²) in [6, 6.07) is 5.72. The first-order valence-electron chi connectivity index (χ1n) is 8.27. The maximum absolute atomic E-state index is 12.5. The molecule has 1 aliphatic rings. The van der Waals surface area contributed by atoms with E-state index < -0.39 is 0 Å². The molecule has 132 valence electrons. The van der Waals surface area contributed by atoms with E-state index in [1.807, 2.05) is 24.5 Å². The first-order valence-corrected chi connectivity index (χ1v) is 9.50. The summed E-state index contributed by atoms with van der Waals surface area (Å²) in [5.74, 6) is 1.30. The van der Waals surface area contributed by atoms with Crippen LogP contribution in [0.5, 0.6) is 11.5 Å². The molecule has 0 spiro atoms. The zero-order valence-electron chi connectivity index (χ0n) is 14.3. The number of carbonyl (C=O) groups is 1. The molecule has 1 aromatic carbocycles. The third-order valence-electron chi connectivity index (χ3n) is 3.92. The van der Waals surface area contributed by atoms with Gasteiger partial charge in [-0.2, -0.15) is 0 Å². The van der Waals surface area contributed by atoms with Crippen LogP contribution >= 0.6 is 11.8 Å². The number of rotatable bonds is 6. The van der Waals surface area contributed by atoms with Gasteiger partial charge in [-0.05, 0) is 30.4 Å². The lowest BCUT2D eigenvalue weighted by Crippen LogP contribution is -2.29. The third kappa shape index (κ3) is 4.22. The van der Waals surface area contributed by atoms with Gasteiger partial charge in [0, 0.05) is 12.4 Å². The Labute approximate surface area is 151 Å². The molecule has 0 unspecified atom stereocenters. The van der Waals surface area contributed by atoms with E-state index in [0.29, 0.717) is 23.9 Å². The molecule has 0 fully saturated rings. The normalized spacial score (nSPS) is 14.0. The number of amides is 1. The molecule has 0 bridgehead atoms. The number of carbonyl (C=O) groups excluding carboxylic acids is 1. The molecule has 25 heavy (non-hydrogen) atoms. The summed E-state index contributed by atoms with van der Waals surface area (Å²) in [4.78, 5) is 20.9. The summed E-state index contributed by atoms with van der Waals surface area (Å²) < 4.78 is 11.2. The predicted molar refractivity (Wildman–Crippen MR) is 96.4 cm³/mol. The number of nitrogens with zero attached hydrogens (tertiary/aromatic N) is 2. The molecule has 0 saturated carbocycles. The summed E-state index contributed by atoms with van der Waals surface area (Å²) in [7, 11) is 0. The second kappa shape index (κ2) is 8.20. The third-order valence-corrected chi connectivity index (χ3v) is 4.50. The summed E-state index contributed by atoms with van der Waals surface area (Å²) in [5, 5.41) is 3.72. The van der Waals surface area contributed by atoms with Crippen molar-refractivity contribution in [2.45, 2.75) is 31.0 Å². The van der Waals surface area contributed by atoms with E-state index in [4.69, 9.17) is 9.47 Å². The Balaban J connectivity index is 1.77. The average molecular weight is 359 g/mol. The van der Waals surface area contributed by atoms with Crippen molar-refractivity contribution in [1.82, 2.24) is 15.3 Å². The Bertz CT molecular complexity index is 737. The van der Waals surface area contributed by atoms with Crippen molar-refractivity contribution in [3.05, 3.63) is 41.7 Å². The quantitative estimate of drug-likeness (QED) is 0.630. The second-order valence-corrected chi connectivity index (χ2v) is 6.45. The minimum absolute atomic E-state index is 0.103. The van der Waals surface area contributed by atoms with E-state index in [9.17, 15) is 4.79 Å². The van der Waals surface area contributed by atoms with Crippen molar-refractivity contribution in [2.24, 2.45) is 0 Å². The van der Waals surface area contributed by atoms with Gasteiger partial charge in [0.25, 0.3) is 5.91 Å². The van der Waals surface area contributed by atoms with E-state index in [1.165, 1.54) is 11.8 Å². The maximum Gasteiger partial charge on any atom is 0.254 e. The maximum atomic E-state index is 12.5. The van der Waals surface area contributed by atoms with Gasteiger partial charge in [0.15, 0.2) is 16.7 Å². The molecule has 0 radical (unpaired) electrons. The summed E-state index contributed by atoms with van der Waals surface area (Å²) in [5.41, 5.74) is 1.46. The number of aromatic nitrogens is 2. The number of hydrogen-bond donors (Lipinski definition) is 1. The SMILES string of the molecule is CCC[C@@H](NC(=O)c1cnc(SC)nc1)c1ccc2c(c1)OCCO2. The van der Waals surface area contributed by atoms with Gasteiger partial charge in [0.2, 0.25) is 0 Å². The number of ether oxygens (including phenoxy) is 2. The van der Waals surface area contributed by atoms with E-state index >= 15 is 0 Å². The molecule has 2 aromatic rings. The van der Waals surface area contributed by atoms with Crippen molar-refractivity contribution >= 4 is 17.7 Å². The van der Waals surface area contributed by atoms with Crippen LogP contribution in [0.1, 0.15) is 41.7 Å². The van der Waals surface area contributed by atoms with E-state index in [-0.39, 0.29) is 11.9 Å². The number of hydrogen-bond acceptors (Lipinski definition) is 6. The molecule has 6 nitrogen and oxygen atoms in total. The topological polar surface area (TPSA) is 73.3 Å². The highest BCUT2D eigenvalue weighted by molar-refractivity contribution is 7.98. The fraction of sp³-hybridized carbons (Fsp3) is 0.389. The molecule has 2 heterocycles. The molecule has 7 heteroatoms. The first-order chi connectivity index (χ1) is 12.2. The Morgan fingerprint density at radius 2 is 1.96 bits per heavy atom. The largest absolute Gasteiger partial charge is 0.486 e. The second-order valence-electron chi connectivity index (χ2n) is 5.68. The zero-order chi connectivity index (χ0) is 17.6. The number of thioether (sulfide) groups is 1. The lowest BCUT2D eigenvalue weighted by atomic mass is 10.0. The predicted octanol–water partition coefficient (Wildman–Crippen LogP) is 3.24. The highest BCUT2D eigenvalue weighted by atomic mass is 32.2. The minimum Gasteiger partial charge on any atom is -0.486 e. The van der Waals surface area contributed by atoms with Crippen LogP contribution in [0.2, 0.25) is 0 Å². The zero-order valence-corrected chi connectivity index (χ0v) is 15.1. The number of nitrogens with one attached hydrogen (secondary N) is 1. The Kier molecular flexibility index (Phi) is 5.75. The van der Waals surface area contributed by atoms with Crippen LogP contribution in [0.4, 0.5) is 0 Å². The molecule has 1 aliphatic heterocycles. The van der Waals surface area contributed by atoms with Crippen LogP contribution in [0.3, 0.4) is 0 Å². The van der Waals surface area contributed by atoms with Crippen molar-refractivity contribution in [3.8, 4) is 11.5 Å². The molecular formula is C18H21N3O3S. The van der Waals surface area contributed by atoms with Gasteiger partial charge < -0.3 is 14.8 Å². The molecule has 3 rings (SSSR count). The minimum atomic E-state index is -0.180. The molecule has 1 amide bonds. The van der Waals surface area contributed by atoms with E-state index in [0.717, 1.165) is 29.9 Å². The smallest absolute Gasteiger partial charge is 0.254 e. The highest BCUT2D eigenvalue weighted by Gasteiger charge is 2.19. The van der Waals surface area contributed by atoms with Crippen molar-refractivity contribution in [2.75, 3.05) is 19.5 Å². The fourth-order valence-corrected chi connectivity index (χ4v) is 2.98. The van der Waals surface area contributed by atoms with Gasteiger partial charge in [-0.25, -0.2) is 9.97 Å². The molecule has 1 N–H and O–H groups in total. The number of fused-ring (bicyclic) bond motifs is 1. The summed E-state index contributed by atoms with van der Waals surface area (Å²) >= 11 is 1.44. The van der Waals surface area contributed by atoms with Crippen molar-refractivity contribution in [3.63, 3.8) is 0 Å². The monoisotopic (exact) mass is 359 g/mol. The van der Waals surface area contributed by atoms with Gasteiger partial charge in [-0.15, -0.1) is 0 Å². The number of benzene rings is 1. The van der Waals surface area contributed by atoms with Gasteiger partial charge in [-0.3, -0.25) is 4.79 Å². The summed E-state index contributed by atoms with van der Waals surface area (Å²) in [6.07, 6.45) is 6.78.